The normalized spacial score (nSPS) is 10.9. The summed E-state index contributed by atoms with van der Waals surface area (Å²) < 4.78 is 0. The first-order valence-corrected chi connectivity index (χ1v) is 5.96. The molecule has 1 heterocycles. The summed E-state index contributed by atoms with van der Waals surface area (Å²) in [6.45, 7) is 2.02. The Kier molecular flexibility index (Phi) is 2.41. The average Bonchev–Trinajstić information content (AvgIpc) is 2.74. The molecular formula is C15H12ClN. The lowest BCUT2D eigenvalue weighted by Crippen LogP contribution is -1.76. The van der Waals surface area contributed by atoms with Crippen molar-refractivity contribution in [1.82, 2.24) is 4.98 Å². The zero-order valence-corrected chi connectivity index (χ0v) is 10.3. The lowest BCUT2D eigenvalue weighted by Gasteiger charge is -1.96. The number of benzene rings is 2. The molecule has 0 amide bonds. The largest absolute Gasteiger partial charge is 0.354 e. The van der Waals surface area contributed by atoms with Crippen LogP contribution in [0.15, 0.2) is 48.5 Å². The van der Waals surface area contributed by atoms with E-state index in [9.17, 15) is 0 Å². The summed E-state index contributed by atoms with van der Waals surface area (Å²) in [4.78, 5) is 3.40. The van der Waals surface area contributed by atoms with Crippen LogP contribution >= 0.6 is 11.6 Å². The summed E-state index contributed by atoms with van der Waals surface area (Å²) in [5.74, 6) is 0. The van der Waals surface area contributed by atoms with Crippen LogP contribution in [0.25, 0.3) is 22.2 Å². The molecule has 0 radical (unpaired) electrons. The van der Waals surface area contributed by atoms with E-state index in [0.29, 0.717) is 0 Å². The molecule has 84 valence electrons. The Morgan fingerprint density at radius 2 is 1.76 bits per heavy atom. The highest BCUT2D eigenvalue weighted by Crippen LogP contribution is 2.28. The van der Waals surface area contributed by atoms with Crippen molar-refractivity contribution in [2.24, 2.45) is 0 Å². The van der Waals surface area contributed by atoms with Crippen LogP contribution in [0.4, 0.5) is 0 Å². The zero-order chi connectivity index (χ0) is 11.8. The van der Waals surface area contributed by atoms with E-state index in [1.54, 1.807) is 0 Å². The molecule has 0 spiro atoms. The second-order valence-corrected chi connectivity index (χ2v) is 4.64. The number of nitrogens with one attached hydrogen (secondary N) is 1. The molecule has 0 aliphatic heterocycles. The van der Waals surface area contributed by atoms with Gasteiger partial charge in [0.2, 0.25) is 0 Å². The zero-order valence-electron chi connectivity index (χ0n) is 9.50. The number of H-pyrrole nitrogens is 1. The standard InChI is InChI=1S/C15H12ClN/c1-10-7-12-8-14(11-5-3-2-4-6-11)17-15(12)9-13(10)16/h2-9,17H,1H3. The van der Waals surface area contributed by atoms with Gasteiger partial charge in [0.05, 0.1) is 0 Å². The van der Waals surface area contributed by atoms with Gasteiger partial charge in [0.15, 0.2) is 0 Å². The molecule has 0 bridgehead atoms. The number of fused-ring (bicyclic) bond motifs is 1. The van der Waals surface area contributed by atoms with Crippen molar-refractivity contribution >= 4 is 22.5 Å². The van der Waals surface area contributed by atoms with Gasteiger partial charge in [-0.15, -0.1) is 0 Å². The molecule has 1 aromatic heterocycles. The maximum Gasteiger partial charge on any atom is 0.0473 e. The van der Waals surface area contributed by atoms with E-state index in [0.717, 1.165) is 21.8 Å². The highest BCUT2D eigenvalue weighted by molar-refractivity contribution is 6.32. The van der Waals surface area contributed by atoms with Crippen LogP contribution in [0.5, 0.6) is 0 Å². The minimum absolute atomic E-state index is 0.805. The Morgan fingerprint density at radius 1 is 1.00 bits per heavy atom. The van der Waals surface area contributed by atoms with Crippen molar-refractivity contribution < 1.29 is 0 Å². The summed E-state index contributed by atoms with van der Waals surface area (Å²) in [6.07, 6.45) is 0. The maximum absolute atomic E-state index is 6.12. The van der Waals surface area contributed by atoms with Gasteiger partial charge < -0.3 is 4.98 Å². The smallest absolute Gasteiger partial charge is 0.0473 e. The highest BCUT2D eigenvalue weighted by Gasteiger charge is 2.05. The number of hydrogen-bond acceptors (Lipinski definition) is 0. The van der Waals surface area contributed by atoms with Crippen molar-refractivity contribution in [3.63, 3.8) is 0 Å². The molecule has 1 N–H and O–H groups in total. The number of hydrogen-bond donors (Lipinski definition) is 1. The second kappa shape index (κ2) is 3.94. The summed E-state index contributed by atoms with van der Waals surface area (Å²) >= 11 is 6.12. The maximum atomic E-state index is 6.12. The van der Waals surface area contributed by atoms with Crippen LogP contribution in [0, 0.1) is 6.92 Å². The summed E-state index contributed by atoms with van der Waals surface area (Å²) in [7, 11) is 0. The topological polar surface area (TPSA) is 15.8 Å². The van der Waals surface area contributed by atoms with Crippen LogP contribution in [-0.4, -0.2) is 4.98 Å². The molecule has 3 aromatic rings. The van der Waals surface area contributed by atoms with Gasteiger partial charge >= 0.3 is 0 Å². The minimum atomic E-state index is 0.805. The Balaban J connectivity index is 2.21. The van der Waals surface area contributed by atoms with Crippen molar-refractivity contribution in [2.45, 2.75) is 6.92 Å². The molecule has 0 fully saturated rings. The fourth-order valence-corrected chi connectivity index (χ4v) is 2.21. The molecule has 0 saturated carbocycles. The number of aryl methyl sites for hydroxylation is 1. The van der Waals surface area contributed by atoms with Gasteiger partial charge in [0, 0.05) is 21.6 Å². The summed E-state index contributed by atoms with van der Waals surface area (Å²) in [5, 5.41) is 2.00. The molecule has 3 rings (SSSR count). The first-order valence-electron chi connectivity index (χ1n) is 5.58. The Bertz CT molecular complexity index is 629. The van der Waals surface area contributed by atoms with Gasteiger partial charge in [0.25, 0.3) is 0 Å². The number of rotatable bonds is 1. The van der Waals surface area contributed by atoms with E-state index < -0.39 is 0 Å². The molecule has 0 unspecified atom stereocenters. The molecule has 0 aliphatic rings. The van der Waals surface area contributed by atoms with E-state index in [1.165, 1.54) is 10.9 Å². The average molecular weight is 242 g/mol. The Hall–Kier alpha value is -1.73. The van der Waals surface area contributed by atoms with Gasteiger partial charge in [0.1, 0.15) is 0 Å². The van der Waals surface area contributed by atoms with E-state index in [1.807, 2.05) is 31.2 Å². The molecule has 0 saturated heterocycles. The van der Waals surface area contributed by atoms with Crippen molar-refractivity contribution in [2.75, 3.05) is 0 Å². The Morgan fingerprint density at radius 3 is 2.53 bits per heavy atom. The molecule has 0 aliphatic carbocycles. The number of aromatic nitrogens is 1. The Labute approximate surface area is 105 Å². The van der Waals surface area contributed by atoms with E-state index in [2.05, 4.69) is 29.2 Å². The number of aromatic amines is 1. The lowest BCUT2D eigenvalue weighted by molar-refractivity contribution is 1.44. The molecule has 0 atom stereocenters. The second-order valence-electron chi connectivity index (χ2n) is 4.24. The third kappa shape index (κ3) is 1.83. The SMILES string of the molecule is Cc1cc2cc(-c3ccccc3)[nH]c2cc1Cl. The van der Waals surface area contributed by atoms with Crippen molar-refractivity contribution in [1.29, 1.82) is 0 Å². The van der Waals surface area contributed by atoms with Crippen LogP contribution in [-0.2, 0) is 0 Å². The molecule has 2 heteroatoms. The fraction of sp³-hybridized carbons (Fsp3) is 0.0667. The molecular weight excluding hydrogens is 230 g/mol. The highest BCUT2D eigenvalue weighted by atomic mass is 35.5. The van der Waals surface area contributed by atoms with Crippen LogP contribution in [0.3, 0.4) is 0 Å². The van der Waals surface area contributed by atoms with Crippen LogP contribution < -0.4 is 0 Å². The monoisotopic (exact) mass is 241 g/mol. The van der Waals surface area contributed by atoms with Crippen molar-refractivity contribution in [3.8, 4) is 11.3 Å². The fourth-order valence-electron chi connectivity index (χ4n) is 2.04. The van der Waals surface area contributed by atoms with E-state index in [-0.39, 0.29) is 0 Å². The van der Waals surface area contributed by atoms with Crippen molar-refractivity contribution in [3.05, 3.63) is 59.1 Å². The third-order valence-electron chi connectivity index (χ3n) is 2.98. The number of halogens is 1. The van der Waals surface area contributed by atoms with E-state index in [4.69, 9.17) is 11.6 Å². The quantitative estimate of drug-likeness (QED) is 0.630. The summed E-state index contributed by atoms with van der Waals surface area (Å²) in [6, 6.07) is 16.6. The first-order chi connectivity index (χ1) is 8.24. The van der Waals surface area contributed by atoms with Gasteiger partial charge in [-0.1, -0.05) is 41.9 Å². The molecule has 2 aromatic carbocycles. The van der Waals surface area contributed by atoms with Gasteiger partial charge in [-0.2, -0.15) is 0 Å². The predicted molar refractivity (Wildman–Crippen MR) is 73.5 cm³/mol. The van der Waals surface area contributed by atoms with Crippen LogP contribution in [0.2, 0.25) is 5.02 Å². The predicted octanol–water partition coefficient (Wildman–Crippen LogP) is 4.80. The third-order valence-corrected chi connectivity index (χ3v) is 3.39. The minimum Gasteiger partial charge on any atom is -0.354 e. The van der Waals surface area contributed by atoms with Gasteiger partial charge in [-0.3, -0.25) is 0 Å². The van der Waals surface area contributed by atoms with Gasteiger partial charge in [-0.25, -0.2) is 0 Å². The van der Waals surface area contributed by atoms with Gasteiger partial charge in [-0.05, 0) is 36.2 Å². The molecule has 17 heavy (non-hydrogen) atoms. The first kappa shape index (κ1) is 10.4. The van der Waals surface area contributed by atoms with Crippen LogP contribution in [0.1, 0.15) is 5.56 Å². The summed E-state index contributed by atoms with van der Waals surface area (Å²) in [5.41, 5.74) is 4.51. The molecule has 1 nitrogen and oxygen atoms in total. The lowest BCUT2D eigenvalue weighted by atomic mass is 10.1. The van der Waals surface area contributed by atoms with E-state index >= 15 is 0 Å².